The molecule has 0 unspecified atom stereocenters. The smallest absolute Gasteiger partial charge is 0.315 e. The molecular weight excluding hydrogens is 372 g/mol. The highest BCUT2D eigenvalue weighted by atomic mass is 16.5. The first kappa shape index (κ1) is 20.5. The van der Waals surface area contributed by atoms with Gasteiger partial charge in [-0.05, 0) is 31.0 Å². The zero-order valence-electron chi connectivity index (χ0n) is 16.3. The molecule has 0 aliphatic heterocycles. The molecule has 29 heavy (non-hydrogen) atoms. The number of carbonyl (C=O) groups excluding carboxylic acids is 2. The molecule has 1 saturated carbocycles. The summed E-state index contributed by atoms with van der Waals surface area (Å²) in [6.07, 6.45) is 0.459. The van der Waals surface area contributed by atoms with E-state index < -0.39 is 23.4 Å². The Balaban J connectivity index is 1.95. The average Bonchev–Trinajstić information content (AvgIpc) is 2.71. The van der Waals surface area contributed by atoms with Gasteiger partial charge >= 0.3 is 5.97 Å². The Morgan fingerprint density at radius 1 is 1.14 bits per heavy atom. The van der Waals surface area contributed by atoms with Crippen molar-refractivity contribution in [2.45, 2.75) is 31.3 Å². The molecule has 2 aromatic carbocycles. The van der Waals surface area contributed by atoms with Gasteiger partial charge in [0.2, 0.25) is 0 Å². The van der Waals surface area contributed by atoms with E-state index in [4.69, 9.17) is 4.74 Å². The van der Waals surface area contributed by atoms with Crippen molar-refractivity contribution in [2.24, 2.45) is 11.0 Å². The van der Waals surface area contributed by atoms with Gasteiger partial charge < -0.3 is 14.9 Å². The molecule has 0 heterocycles. The number of esters is 1. The standard InChI is InChI=1S/C22H24N2O5/c1-22(28)12-16(14-8-4-3-5-9-14)19(21(27)29-2)17(13-22)23-24-20(26)15-10-6-7-11-18(15)25/h3-11,16,19,25,28H,12-13H2,1-2H3,(H,24,26)/b23-17-/t16-,19+,22-/m1/s1. The van der Waals surface area contributed by atoms with E-state index in [1.165, 1.54) is 19.2 Å². The van der Waals surface area contributed by atoms with E-state index in [1.807, 2.05) is 30.3 Å². The van der Waals surface area contributed by atoms with E-state index in [-0.39, 0.29) is 23.7 Å². The van der Waals surface area contributed by atoms with Crippen LogP contribution >= 0.6 is 0 Å². The number of rotatable bonds is 4. The quantitative estimate of drug-likeness (QED) is 0.544. The fourth-order valence-electron chi connectivity index (χ4n) is 3.79. The molecule has 0 radical (unpaired) electrons. The monoisotopic (exact) mass is 396 g/mol. The molecule has 1 aliphatic carbocycles. The van der Waals surface area contributed by atoms with Crippen molar-refractivity contribution in [3.63, 3.8) is 0 Å². The molecule has 152 valence electrons. The van der Waals surface area contributed by atoms with E-state index in [0.29, 0.717) is 12.1 Å². The summed E-state index contributed by atoms with van der Waals surface area (Å²) in [6, 6.07) is 15.5. The fourth-order valence-corrected chi connectivity index (χ4v) is 3.79. The van der Waals surface area contributed by atoms with E-state index >= 15 is 0 Å². The largest absolute Gasteiger partial charge is 0.507 e. The topological polar surface area (TPSA) is 108 Å². The molecule has 1 fully saturated rings. The SMILES string of the molecule is COC(=O)[C@@H]1/C(=N\NC(=O)c2ccccc2O)C[C@](C)(O)C[C@@H]1c1ccccc1. The first-order valence-electron chi connectivity index (χ1n) is 9.32. The number of hydrogen-bond acceptors (Lipinski definition) is 6. The number of hydrogen-bond donors (Lipinski definition) is 3. The lowest BCUT2D eigenvalue weighted by molar-refractivity contribution is -0.144. The first-order chi connectivity index (χ1) is 13.8. The predicted octanol–water partition coefficient (Wildman–Crippen LogP) is 2.60. The summed E-state index contributed by atoms with van der Waals surface area (Å²) in [5, 5.41) is 24.8. The number of nitrogens with zero attached hydrogens (tertiary/aromatic N) is 1. The first-order valence-corrected chi connectivity index (χ1v) is 9.32. The zero-order chi connectivity index (χ0) is 21.0. The lowest BCUT2D eigenvalue weighted by atomic mass is 9.68. The number of carbonyl (C=O) groups is 2. The van der Waals surface area contributed by atoms with Gasteiger partial charge in [-0.25, -0.2) is 5.43 Å². The molecule has 2 aromatic rings. The number of amides is 1. The van der Waals surface area contributed by atoms with Crippen molar-refractivity contribution >= 4 is 17.6 Å². The minimum absolute atomic E-state index is 0.0636. The van der Waals surface area contributed by atoms with Crippen molar-refractivity contribution in [1.29, 1.82) is 0 Å². The molecule has 3 atom stereocenters. The van der Waals surface area contributed by atoms with Gasteiger partial charge in [-0.15, -0.1) is 0 Å². The van der Waals surface area contributed by atoms with Gasteiger partial charge in [0.25, 0.3) is 5.91 Å². The Bertz CT molecular complexity index is 924. The summed E-state index contributed by atoms with van der Waals surface area (Å²) >= 11 is 0. The normalized spacial score (nSPS) is 25.4. The maximum Gasteiger partial charge on any atom is 0.315 e. The van der Waals surface area contributed by atoms with Gasteiger partial charge in [-0.3, -0.25) is 9.59 Å². The van der Waals surface area contributed by atoms with E-state index in [1.54, 1.807) is 19.1 Å². The van der Waals surface area contributed by atoms with Crippen LogP contribution in [0.3, 0.4) is 0 Å². The van der Waals surface area contributed by atoms with Gasteiger partial charge in [0.1, 0.15) is 11.7 Å². The molecule has 1 amide bonds. The molecule has 0 bridgehead atoms. The van der Waals surface area contributed by atoms with Crippen molar-refractivity contribution in [1.82, 2.24) is 5.43 Å². The molecule has 0 aromatic heterocycles. The highest BCUT2D eigenvalue weighted by molar-refractivity contribution is 6.05. The van der Waals surface area contributed by atoms with Gasteiger partial charge in [0, 0.05) is 12.3 Å². The van der Waals surface area contributed by atoms with Crippen LogP contribution in [0, 0.1) is 5.92 Å². The second-order valence-corrected chi connectivity index (χ2v) is 7.46. The summed E-state index contributed by atoms with van der Waals surface area (Å²) in [7, 11) is 1.30. The van der Waals surface area contributed by atoms with Crippen LogP contribution in [0.15, 0.2) is 59.7 Å². The van der Waals surface area contributed by atoms with E-state index in [2.05, 4.69) is 10.5 Å². The van der Waals surface area contributed by atoms with Crippen LogP contribution in [-0.2, 0) is 9.53 Å². The number of ether oxygens (including phenoxy) is 1. The van der Waals surface area contributed by atoms with Crippen molar-refractivity contribution in [2.75, 3.05) is 7.11 Å². The number of phenols is 1. The molecule has 0 spiro atoms. The summed E-state index contributed by atoms with van der Waals surface area (Å²) in [6.45, 7) is 1.68. The Morgan fingerprint density at radius 2 is 1.79 bits per heavy atom. The molecule has 1 aliphatic rings. The fraction of sp³-hybridized carbons (Fsp3) is 0.318. The number of aliphatic hydroxyl groups is 1. The van der Waals surface area contributed by atoms with Crippen LogP contribution in [0.2, 0.25) is 0 Å². The van der Waals surface area contributed by atoms with Crippen LogP contribution < -0.4 is 5.43 Å². The van der Waals surface area contributed by atoms with Crippen LogP contribution in [0.25, 0.3) is 0 Å². The molecule has 0 saturated heterocycles. The van der Waals surface area contributed by atoms with E-state index in [0.717, 1.165) is 5.56 Å². The van der Waals surface area contributed by atoms with Gasteiger partial charge in [0.05, 0.1) is 24.0 Å². The van der Waals surface area contributed by atoms with Crippen molar-refractivity contribution in [3.8, 4) is 5.75 Å². The lowest BCUT2D eigenvalue weighted by Crippen LogP contribution is -2.46. The van der Waals surface area contributed by atoms with Crippen LogP contribution in [0.1, 0.15) is 41.6 Å². The summed E-state index contributed by atoms with van der Waals surface area (Å²) in [5.41, 5.74) is 2.56. The predicted molar refractivity (Wildman–Crippen MR) is 108 cm³/mol. The Kier molecular flexibility index (Phi) is 5.98. The molecule has 7 nitrogen and oxygen atoms in total. The average molecular weight is 396 g/mol. The summed E-state index contributed by atoms with van der Waals surface area (Å²) < 4.78 is 5.00. The van der Waals surface area contributed by atoms with Gasteiger partial charge in [-0.1, -0.05) is 42.5 Å². The second-order valence-electron chi connectivity index (χ2n) is 7.46. The third-order valence-electron chi connectivity index (χ3n) is 5.12. The third kappa shape index (κ3) is 4.63. The molecule has 3 rings (SSSR count). The number of methoxy groups -OCH3 is 1. The van der Waals surface area contributed by atoms with Gasteiger partial charge in [-0.2, -0.15) is 5.10 Å². The van der Waals surface area contributed by atoms with Crippen molar-refractivity contribution < 1.29 is 24.5 Å². The molecular formula is C22H24N2O5. The third-order valence-corrected chi connectivity index (χ3v) is 5.12. The maximum absolute atomic E-state index is 12.6. The van der Waals surface area contributed by atoms with Crippen LogP contribution in [0.5, 0.6) is 5.75 Å². The Hall–Kier alpha value is -3.19. The van der Waals surface area contributed by atoms with Gasteiger partial charge in [0.15, 0.2) is 0 Å². The maximum atomic E-state index is 12.6. The number of nitrogens with one attached hydrogen (secondary N) is 1. The highest BCUT2D eigenvalue weighted by Gasteiger charge is 2.45. The molecule has 3 N–H and O–H groups in total. The number of para-hydroxylation sites is 1. The summed E-state index contributed by atoms with van der Waals surface area (Å²) in [4.78, 5) is 25.0. The summed E-state index contributed by atoms with van der Waals surface area (Å²) in [5.74, 6) is -2.36. The number of phenolic OH excluding ortho intramolecular Hbond substituents is 1. The number of hydrazone groups is 1. The van der Waals surface area contributed by atoms with Crippen LogP contribution in [-0.4, -0.2) is 40.5 Å². The molecule has 7 heteroatoms. The Labute approximate surface area is 169 Å². The lowest BCUT2D eigenvalue weighted by Gasteiger charge is -2.39. The highest BCUT2D eigenvalue weighted by Crippen LogP contribution is 2.41. The second kappa shape index (κ2) is 8.45. The minimum atomic E-state index is -1.11. The van der Waals surface area contributed by atoms with E-state index in [9.17, 15) is 19.8 Å². The Morgan fingerprint density at radius 3 is 2.45 bits per heavy atom. The van der Waals surface area contributed by atoms with Crippen LogP contribution in [0.4, 0.5) is 0 Å². The number of aromatic hydroxyl groups is 1. The number of benzene rings is 2. The zero-order valence-corrected chi connectivity index (χ0v) is 16.3. The minimum Gasteiger partial charge on any atom is -0.507 e. The van der Waals surface area contributed by atoms with Crippen molar-refractivity contribution in [3.05, 3.63) is 65.7 Å².